The van der Waals surface area contributed by atoms with E-state index < -0.39 is 0 Å². The maximum atomic E-state index is 4.56. The van der Waals surface area contributed by atoms with Crippen LogP contribution in [-0.2, 0) is 26.2 Å². The fourth-order valence-corrected chi connectivity index (χ4v) is 3.88. The molecule has 33 heavy (non-hydrogen) atoms. The summed E-state index contributed by atoms with van der Waals surface area (Å²) in [6.07, 6.45) is 7.42. The molecule has 0 aliphatic heterocycles. The van der Waals surface area contributed by atoms with Gasteiger partial charge in [0.15, 0.2) is 0 Å². The fourth-order valence-electron chi connectivity index (χ4n) is 3.88. The largest absolute Gasteiger partial charge is 0.290 e. The Morgan fingerprint density at radius 2 is 0.909 bits per heavy atom. The smallest absolute Gasteiger partial charge is 0.0544 e. The van der Waals surface area contributed by atoms with Gasteiger partial charge in [-0.2, -0.15) is 0 Å². The highest BCUT2D eigenvalue weighted by Gasteiger charge is 2.20. The fraction of sp³-hybridized carbons (Fsp3) is 0.259. The van der Waals surface area contributed by atoms with Crippen LogP contribution in [0, 0.1) is 0 Å². The highest BCUT2D eigenvalue weighted by Crippen LogP contribution is 2.15. The predicted octanol–water partition coefficient (Wildman–Crippen LogP) is 4.36. The van der Waals surface area contributed by atoms with Gasteiger partial charge in [-0.1, -0.05) is 24.3 Å². The molecule has 0 amide bonds. The Labute approximate surface area is 196 Å². The molecule has 0 fully saturated rings. The number of aromatic nitrogens is 4. The zero-order valence-electron chi connectivity index (χ0n) is 19.0. The standard InChI is InChI=1S/C27H30N6/c1-23(33(21-26-12-4-8-16-30-26)22-27-13-5-9-17-31-27)18-32(19-24-10-2-6-14-28-24)20-25-11-3-7-15-29-25/h2-17,23H,18-22H2,1H3. The van der Waals surface area contributed by atoms with Crippen LogP contribution in [0.3, 0.4) is 0 Å². The van der Waals surface area contributed by atoms with Crippen molar-refractivity contribution in [3.63, 3.8) is 0 Å². The van der Waals surface area contributed by atoms with Crippen molar-refractivity contribution in [3.05, 3.63) is 120 Å². The Bertz CT molecular complexity index is 978. The van der Waals surface area contributed by atoms with Crippen LogP contribution in [0.25, 0.3) is 0 Å². The van der Waals surface area contributed by atoms with Gasteiger partial charge in [0.1, 0.15) is 0 Å². The summed E-state index contributed by atoms with van der Waals surface area (Å²) in [4.78, 5) is 23.1. The van der Waals surface area contributed by atoms with E-state index in [2.05, 4.69) is 60.9 Å². The number of hydrogen-bond acceptors (Lipinski definition) is 6. The second-order valence-corrected chi connectivity index (χ2v) is 8.21. The lowest BCUT2D eigenvalue weighted by Crippen LogP contribution is -2.41. The summed E-state index contributed by atoms with van der Waals surface area (Å²) < 4.78 is 0. The Hall–Kier alpha value is -3.48. The van der Waals surface area contributed by atoms with E-state index in [0.717, 1.165) is 55.5 Å². The molecule has 0 saturated heterocycles. The molecule has 1 unspecified atom stereocenters. The van der Waals surface area contributed by atoms with E-state index in [9.17, 15) is 0 Å². The molecule has 6 nitrogen and oxygen atoms in total. The van der Waals surface area contributed by atoms with E-state index in [1.807, 2.05) is 73.3 Å². The molecule has 4 heterocycles. The molecule has 0 aliphatic carbocycles. The lowest BCUT2D eigenvalue weighted by molar-refractivity contribution is 0.123. The third kappa shape index (κ3) is 7.27. The second kappa shape index (κ2) is 11.9. The molecule has 0 spiro atoms. The summed E-state index contributed by atoms with van der Waals surface area (Å²) in [5, 5.41) is 0. The predicted molar refractivity (Wildman–Crippen MR) is 130 cm³/mol. The first-order chi connectivity index (χ1) is 16.3. The Kier molecular flexibility index (Phi) is 8.22. The van der Waals surface area contributed by atoms with E-state index in [-0.39, 0.29) is 6.04 Å². The Morgan fingerprint density at radius 3 is 1.24 bits per heavy atom. The van der Waals surface area contributed by atoms with Gasteiger partial charge >= 0.3 is 0 Å². The summed E-state index contributed by atoms with van der Waals surface area (Å²) in [7, 11) is 0. The molecule has 0 aliphatic rings. The molecule has 4 aromatic rings. The van der Waals surface area contributed by atoms with Crippen LogP contribution in [0.1, 0.15) is 29.7 Å². The van der Waals surface area contributed by atoms with Crippen LogP contribution in [0.15, 0.2) is 97.6 Å². The molecule has 6 heteroatoms. The number of nitrogens with zero attached hydrogens (tertiary/aromatic N) is 6. The molecule has 0 radical (unpaired) electrons. The second-order valence-electron chi connectivity index (χ2n) is 8.21. The zero-order valence-corrected chi connectivity index (χ0v) is 19.0. The van der Waals surface area contributed by atoms with Crippen molar-refractivity contribution in [1.82, 2.24) is 29.7 Å². The van der Waals surface area contributed by atoms with Crippen molar-refractivity contribution in [2.24, 2.45) is 0 Å². The number of pyridine rings is 4. The highest BCUT2D eigenvalue weighted by atomic mass is 15.2. The number of hydrogen-bond donors (Lipinski definition) is 0. The van der Waals surface area contributed by atoms with E-state index >= 15 is 0 Å². The first-order valence-electron chi connectivity index (χ1n) is 11.3. The maximum absolute atomic E-state index is 4.56. The van der Waals surface area contributed by atoms with Crippen LogP contribution in [-0.4, -0.2) is 42.3 Å². The summed E-state index contributed by atoms with van der Waals surface area (Å²) >= 11 is 0. The molecule has 0 N–H and O–H groups in total. The van der Waals surface area contributed by atoms with Crippen LogP contribution in [0.4, 0.5) is 0 Å². The van der Waals surface area contributed by atoms with Gasteiger partial charge in [0, 0.05) is 63.6 Å². The lowest BCUT2D eigenvalue weighted by atomic mass is 10.2. The molecule has 4 rings (SSSR count). The van der Waals surface area contributed by atoms with Crippen molar-refractivity contribution < 1.29 is 0 Å². The minimum atomic E-state index is 0.265. The van der Waals surface area contributed by atoms with Gasteiger partial charge in [0.2, 0.25) is 0 Å². The topological polar surface area (TPSA) is 58.0 Å². The van der Waals surface area contributed by atoms with E-state index in [1.165, 1.54) is 0 Å². The van der Waals surface area contributed by atoms with Gasteiger partial charge in [-0.25, -0.2) is 0 Å². The van der Waals surface area contributed by atoms with E-state index in [1.54, 1.807) is 0 Å². The van der Waals surface area contributed by atoms with Crippen molar-refractivity contribution in [3.8, 4) is 0 Å². The summed E-state index contributed by atoms with van der Waals surface area (Å²) in [5.41, 5.74) is 4.23. The van der Waals surface area contributed by atoms with Crippen molar-refractivity contribution in [2.45, 2.75) is 39.1 Å². The minimum Gasteiger partial charge on any atom is -0.290 e. The molecular formula is C27H30N6. The van der Waals surface area contributed by atoms with E-state index in [0.29, 0.717) is 0 Å². The molecular weight excluding hydrogens is 408 g/mol. The van der Waals surface area contributed by atoms with Gasteiger partial charge in [-0.3, -0.25) is 29.7 Å². The first-order valence-corrected chi connectivity index (χ1v) is 11.3. The molecule has 0 saturated carbocycles. The van der Waals surface area contributed by atoms with Crippen molar-refractivity contribution >= 4 is 0 Å². The summed E-state index contributed by atoms with van der Waals surface area (Å²) in [5.74, 6) is 0. The highest BCUT2D eigenvalue weighted by molar-refractivity contribution is 5.08. The third-order valence-corrected chi connectivity index (χ3v) is 5.55. The van der Waals surface area contributed by atoms with Crippen molar-refractivity contribution in [2.75, 3.05) is 6.54 Å². The van der Waals surface area contributed by atoms with Gasteiger partial charge in [-0.15, -0.1) is 0 Å². The normalized spacial score (nSPS) is 12.2. The van der Waals surface area contributed by atoms with Gasteiger partial charge < -0.3 is 0 Å². The average Bonchev–Trinajstić information content (AvgIpc) is 2.86. The zero-order chi connectivity index (χ0) is 22.7. The Balaban J connectivity index is 1.52. The minimum absolute atomic E-state index is 0.265. The van der Waals surface area contributed by atoms with Crippen molar-refractivity contribution in [1.29, 1.82) is 0 Å². The van der Waals surface area contributed by atoms with Crippen LogP contribution in [0.5, 0.6) is 0 Å². The summed E-state index contributed by atoms with van der Waals surface area (Å²) in [6.45, 7) is 6.20. The molecule has 1 atom stereocenters. The van der Waals surface area contributed by atoms with Gasteiger partial charge in [0.25, 0.3) is 0 Å². The summed E-state index contributed by atoms with van der Waals surface area (Å²) in [6, 6.07) is 24.6. The lowest BCUT2D eigenvalue weighted by Gasteiger charge is -2.33. The average molecular weight is 439 g/mol. The maximum Gasteiger partial charge on any atom is 0.0544 e. The third-order valence-electron chi connectivity index (χ3n) is 5.55. The van der Waals surface area contributed by atoms with Gasteiger partial charge in [-0.05, 0) is 55.5 Å². The number of rotatable bonds is 11. The molecule has 0 aromatic carbocycles. The first kappa shape index (κ1) is 22.7. The quantitative estimate of drug-likeness (QED) is 0.347. The van der Waals surface area contributed by atoms with Crippen LogP contribution >= 0.6 is 0 Å². The molecule has 4 aromatic heterocycles. The molecule has 0 bridgehead atoms. The van der Waals surface area contributed by atoms with Crippen LogP contribution in [0.2, 0.25) is 0 Å². The van der Waals surface area contributed by atoms with Crippen LogP contribution < -0.4 is 0 Å². The molecule has 168 valence electrons. The Morgan fingerprint density at radius 1 is 0.545 bits per heavy atom. The monoisotopic (exact) mass is 438 g/mol. The van der Waals surface area contributed by atoms with Gasteiger partial charge in [0.05, 0.1) is 22.8 Å². The SMILES string of the molecule is CC(CN(Cc1ccccn1)Cc1ccccn1)N(Cc1ccccn1)Cc1ccccn1. The van der Waals surface area contributed by atoms with E-state index in [4.69, 9.17) is 0 Å².